The summed E-state index contributed by atoms with van der Waals surface area (Å²) in [5.74, 6) is -0.0245. The summed E-state index contributed by atoms with van der Waals surface area (Å²) in [6.07, 6.45) is 0. The van der Waals surface area contributed by atoms with Gasteiger partial charge in [-0.3, -0.25) is 9.59 Å². The number of ketones is 1. The fourth-order valence-electron chi connectivity index (χ4n) is 0.836. The molecule has 1 rings (SSSR count). The van der Waals surface area contributed by atoms with Crippen LogP contribution in [0.25, 0.3) is 0 Å². The molecule has 18 heavy (non-hydrogen) atoms. The van der Waals surface area contributed by atoms with Gasteiger partial charge in [0.2, 0.25) is 0 Å². The number of hydrogen-bond acceptors (Lipinski definition) is 2. The highest BCUT2D eigenvalue weighted by atomic mass is 35.5. The van der Waals surface area contributed by atoms with Gasteiger partial charge in [0.25, 0.3) is 5.24 Å². The molecule has 0 aromatic heterocycles. The lowest BCUT2D eigenvalue weighted by atomic mass is 10.1. The first kappa shape index (κ1) is 22.1. The summed E-state index contributed by atoms with van der Waals surface area (Å²) < 4.78 is 0. The first-order valence-corrected chi connectivity index (χ1v) is 6.80. The van der Waals surface area contributed by atoms with Crippen LogP contribution in [-0.4, -0.2) is 11.0 Å². The van der Waals surface area contributed by atoms with Crippen LogP contribution in [-0.2, 0) is 0 Å². The molecule has 2 nitrogen and oxygen atoms in total. The second kappa shape index (κ2) is 15.9. The monoisotopic (exact) mass is 272 g/mol. The summed E-state index contributed by atoms with van der Waals surface area (Å²) in [6, 6.07) is 6.23. The number of hydrogen-bond donors (Lipinski definition) is 0. The van der Waals surface area contributed by atoms with E-state index in [-0.39, 0.29) is 5.78 Å². The van der Waals surface area contributed by atoms with Gasteiger partial charge in [0.1, 0.15) is 0 Å². The van der Waals surface area contributed by atoms with E-state index in [1.807, 2.05) is 41.5 Å². The molecule has 0 unspecified atom stereocenters. The zero-order valence-corrected chi connectivity index (χ0v) is 13.3. The van der Waals surface area contributed by atoms with Crippen LogP contribution < -0.4 is 0 Å². The molecule has 0 bridgehead atoms. The van der Waals surface area contributed by atoms with Crippen molar-refractivity contribution < 1.29 is 9.59 Å². The third-order valence-electron chi connectivity index (χ3n) is 1.52. The normalized spacial score (nSPS) is 7.33. The molecular weight excluding hydrogens is 248 g/mol. The third-order valence-corrected chi connectivity index (χ3v) is 1.74. The Bertz CT molecular complexity index is 283. The third kappa shape index (κ3) is 10.0. The van der Waals surface area contributed by atoms with E-state index in [4.69, 9.17) is 11.6 Å². The van der Waals surface area contributed by atoms with E-state index < -0.39 is 5.24 Å². The van der Waals surface area contributed by atoms with Gasteiger partial charge < -0.3 is 0 Å². The summed E-state index contributed by atoms with van der Waals surface area (Å²) >= 11 is 5.21. The van der Waals surface area contributed by atoms with Crippen LogP contribution in [0.5, 0.6) is 0 Å². The Labute approximate surface area is 116 Å². The molecule has 0 saturated carbocycles. The van der Waals surface area contributed by atoms with Crippen LogP contribution in [0.4, 0.5) is 0 Å². The van der Waals surface area contributed by atoms with Crippen molar-refractivity contribution in [2.75, 3.05) is 0 Å². The van der Waals surface area contributed by atoms with Gasteiger partial charge in [-0.1, -0.05) is 53.7 Å². The van der Waals surface area contributed by atoms with Crippen LogP contribution >= 0.6 is 11.6 Å². The number of benzene rings is 1. The Morgan fingerprint density at radius 2 is 1.06 bits per heavy atom. The van der Waals surface area contributed by atoms with Gasteiger partial charge in [-0.05, 0) is 30.7 Å². The summed E-state index contributed by atoms with van der Waals surface area (Å²) in [7, 11) is 0. The van der Waals surface area contributed by atoms with E-state index in [2.05, 4.69) is 0 Å². The highest BCUT2D eigenvalue weighted by Gasteiger charge is 2.02. The molecule has 0 fully saturated rings. The number of rotatable bonds is 2. The van der Waals surface area contributed by atoms with E-state index >= 15 is 0 Å². The minimum atomic E-state index is -0.509. The van der Waals surface area contributed by atoms with E-state index in [0.717, 1.165) is 0 Å². The topological polar surface area (TPSA) is 34.1 Å². The van der Waals surface area contributed by atoms with Crippen LogP contribution in [0.2, 0.25) is 0 Å². The first-order chi connectivity index (χ1) is 8.61. The second-order valence-corrected chi connectivity index (χ2v) is 2.75. The molecule has 0 saturated heterocycles. The zero-order valence-electron chi connectivity index (χ0n) is 12.5. The molecule has 0 aliphatic carbocycles. The molecular formula is C15H25ClO2. The van der Waals surface area contributed by atoms with Crippen molar-refractivity contribution >= 4 is 22.6 Å². The Morgan fingerprint density at radius 1 is 0.778 bits per heavy atom. The maximum atomic E-state index is 10.8. The molecule has 1 aromatic carbocycles. The van der Waals surface area contributed by atoms with E-state index in [9.17, 15) is 9.59 Å². The van der Waals surface area contributed by atoms with Crippen molar-refractivity contribution in [2.45, 2.75) is 48.5 Å². The van der Waals surface area contributed by atoms with E-state index in [1.165, 1.54) is 19.1 Å². The maximum absolute atomic E-state index is 10.8. The predicted octanol–water partition coefficient (Wildman–Crippen LogP) is 5.35. The van der Waals surface area contributed by atoms with Crippen molar-refractivity contribution in [3.63, 3.8) is 0 Å². The number of halogens is 1. The highest BCUT2D eigenvalue weighted by Crippen LogP contribution is 2.07. The average Bonchev–Trinajstić information content (AvgIpc) is 2.45. The first-order valence-electron chi connectivity index (χ1n) is 6.42. The molecule has 0 spiro atoms. The average molecular weight is 273 g/mol. The lowest BCUT2D eigenvalue weighted by molar-refractivity contribution is 0.101. The quantitative estimate of drug-likeness (QED) is 0.537. The maximum Gasteiger partial charge on any atom is 0.252 e. The summed E-state index contributed by atoms with van der Waals surface area (Å²) in [5, 5.41) is -0.509. The lowest BCUT2D eigenvalue weighted by Crippen LogP contribution is -1.93. The Morgan fingerprint density at radius 3 is 1.28 bits per heavy atom. The van der Waals surface area contributed by atoms with Gasteiger partial charge in [-0.25, -0.2) is 0 Å². The summed E-state index contributed by atoms with van der Waals surface area (Å²) in [4.78, 5) is 21.4. The van der Waals surface area contributed by atoms with Crippen molar-refractivity contribution in [1.82, 2.24) is 0 Å². The largest absolute Gasteiger partial charge is 0.295 e. The molecule has 0 atom stereocenters. The smallest absolute Gasteiger partial charge is 0.252 e. The van der Waals surface area contributed by atoms with Gasteiger partial charge in [0.05, 0.1) is 0 Å². The van der Waals surface area contributed by atoms with Gasteiger partial charge >= 0.3 is 0 Å². The standard InChI is InChI=1S/C9H7ClO2.3C2H6/c1-6(11)7-2-4-8(5-3-7)9(10)12;3*1-2/h2-5H,1H3;3*1-2H3. The van der Waals surface area contributed by atoms with Crippen LogP contribution in [0.1, 0.15) is 69.2 Å². The molecule has 0 aliphatic rings. The Hall–Kier alpha value is -1.15. The van der Waals surface area contributed by atoms with Crippen molar-refractivity contribution in [2.24, 2.45) is 0 Å². The van der Waals surface area contributed by atoms with Gasteiger partial charge in [-0.15, -0.1) is 0 Å². The fourth-order valence-corrected chi connectivity index (χ4v) is 0.962. The number of carbonyl (C=O) groups is 2. The Balaban J connectivity index is -0.000000328. The molecule has 0 amide bonds. The minimum Gasteiger partial charge on any atom is -0.295 e. The number of carbonyl (C=O) groups excluding carboxylic acids is 2. The predicted molar refractivity (Wildman–Crippen MR) is 80.7 cm³/mol. The second-order valence-electron chi connectivity index (χ2n) is 2.41. The molecule has 0 heterocycles. The van der Waals surface area contributed by atoms with Crippen molar-refractivity contribution in [3.05, 3.63) is 35.4 Å². The molecule has 1 aromatic rings. The van der Waals surface area contributed by atoms with Gasteiger partial charge in [-0.2, -0.15) is 0 Å². The van der Waals surface area contributed by atoms with Crippen molar-refractivity contribution in [3.8, 4) is 0 Å². The van der Waals surface area contributed by atoms with Crippen LogP contribution in [0.15, 0.2) is 24.3 Å². The molecule has 0 radical (unpaired) electrons. The van der Waals surface area contributed by atoms with Crippen LogP contribution in [0.3, 0.4) is 0 Å². The fraction of sp³-hybridized carbons (Fsp3) is 0.467. The zero-order chi connectivity index (χ0) is 15.1. The summed E-state index contributed by atoms with van der Waals surface area (Å²) in [5.41, 5.74) is 0.985. The number of Topliss-reactive ketones (excluding diaryl/α,β-unsaturated/α-hetero) is 1. The minimum absolute atomic E-state index is 0.0245. The SMILES string of the molecule is CC.CC.CC.CC(=O)c1ccc(C(=O)Cl)cc1. The molecule has 0 N–H and O–H groups in total. The van der Waals surface area contributed by atoms with E-state index in [0.29, 0.717) is 11.1 Å². The Kier molecular flexibility index (Phi) is 19.4. The van der Waals surface area contributed by atoms with Crippen molar-refractivity contribution in [1.29, 1.82) is 0 Å². The van der Waals surface area contributed by atoms with Gasteiger partial charge in [0.15, 0.2) is 5.78 Å². The molecule has 3 heteroatoms. The van der Waals surface area contributed by atoms with Crippen LogP contribution in [0, 0.1) is 0 Å². The highest BCUT2D eigenvalue weighted by molar-refractivity contribution is 6.67. The van der Waals surface area contributed by atoms with Gasteiger partial charge in [0, 0.05) is 11.1 Å². The summed E-state index contributed by atoms with van der Waals surface area (Å²) in [6.45, 7) is 13.5. The lowest BCUT2D eigenvalue weighted by Gasteiger charge is -1.95. The molecule has 104 valence electrons. The molecule has 0 aliphatic heterocycles. The van der Waals surface area contributed by atoms with E-state index in [1.54, 1.807) is 12.1 Å².